The average molecular weight is 649 g/mol. The van der Waals surface area contributed by atoms with Crippen LogP contribution in [0.1, 0.15) is 60.6 Å². The van der Waals surface area contributed by atoms with Crippen molar-refractivity contribution in [3.8, 4) is 16.9 Å². The van der Waals surface area contributed by atoms with Crippen molar-refractivity contribution in [2.24, 2.45) is 5.92 Å². The van der Waals surface area contributed by atoms with E-state index in [2.05, 4.69) is 47.7 Å². The summed E-state index contributed by atoms with van der Waals surface area (Å²) in [6.07, 6.45) is 9.13. The van der Waals surface area contributed by atoms with Gasteiger partial charge in [0, 0.05) is 55.0 Å². The molecule has 0 radical (unpaired) electrons. The zero-order valence-corrected chi connectivity index (χ0v) is 28.0. The van der Waals surface area contributed by atoms with E-state index in [9.17, 15) is 14.4 Å². The summed E-state index contributed by atoms with van der Waals surface area (Å²) >= 11 is 0. The number of aromatic nitrogens is 4. The van der Waals surface area contributed by atoms with Gasteiger partial charge in [0.1, 0.15) is 23.3 Å². The highest BCUT2D eigenvalue weighted by Crippen LogP contribution is 2.30. The van der Waals surface area contributed by atoms with Gasteiger partial charge >= 0.3 is 12.2 Å². The summed E-state index contributed by atoms with van der Waals surface area (Å²) in [5.41, 5.74) is 1.76. The lowest BCUT2D eigenvalue weighted by Gasteiger charge is -2.39. The lowest BCUT2D eigenvalue weighted by molar-refractivity contribution is -0.115. The number of amides is 3. The number of nitrogens with zero attached hydrogens (tertiary/aromatic N) is 5. The predicted molar refractivity (Wildman–Crippen MR) is 176 cm³/mol. The van der Waals surface area contributed by atoms with Crippen molar-refractivity contribution in [2.45, 2.75) is 78.6 Å². The molecule has 1 aliphatic rings. The molecule has 3 aromatic heterocycles. The summed E-state index contributed by atoms with van der Waals surface area (Å²) in [5.74, 6) is 0.220. The highest BCUT2D eigenvalue weighted by Gasteiger charge is 2.29. The van der Waals surface area contributed by atoms with Crippen LogP contribution in [0.15, 0.2) is 49.4 Å². The summed E-state index contributed by atoms with van der Waals surface area (Å²) in [4.78, 5) is 57.1. The van der Waals surface area contributed by atoms with E-state index in [1.807, 2.05) is 26.8 Å². The Kier molecular flexibility index (Phi) is 11.2. The molecule has 14 nitrogen and oxygen atoms in total. The minimum Gasteiger partial charge on any atom is -0.471 e. The number of anilines is 2. The van der Waals surface area contributed by atoms with E-state index in [0.29, 0.717) is 34.8 Å². The molecular weight excluding hydrogens is 604 g/mol. The molecule has 252 valence electrons. The molecule has 4 heterocycles. The number of pyridine rings is 2. The second-order valence-corrected chi connectivity index (χ2v) is 13.5. The van der Waals surface area contributed by atoms with E-state index >= 15 is 0 Å². The zero-order valence-electron chi connectivity index (χ0n) is 28.0. The Labute approximate surface area is 275 Å². The predicted octanol–water partition coefficient (Wildman–Crippen LogP) is 4.72. The third-order valence-electron chi connectivity index (χ3n) is 6.79. The summed E-state index contributed by atoms with van der Waals surface area (Å²) in [6, 6.07) is 3.41. The summed E-state index contributed by atoms with van der Waals surface area (Å²) in [7, 11) is 0. The number of alkyl carbamates (subject to hydrolysis) is 2. The highest BCUT2D eigenvalue weighted by molar-refractivity contribution is 5.95. The molecule has 0 spiro atoms. The first-order valence-electron chi connectivity index (χ1n) is 15.5. The number of rotatable bonds is 9. The fourth-order valence-electron chi connectivity index (χ4n) is 5.06. The van der Waals surface area contributed by atoms with Gasteiger partial charge in [-0.2, -0.15) is 0 Å². The van der Waals surface area contributed by atoms with Crippen LogP contribution in [0.4, 0.5) is 21.0 Å². The quantitative estimate of drug-likeness (QED) is 0.275. The average Bonchev–Trinajstić information content (AvgIpc) is 2.96. The maximum Gasteiger partial charge on any atom is 0.410 e. The molecule has 1 saturated heterocycles. The number of nitrogens with one attached hydrogen (secondary N) is 3. The largest absolute Gasteiger partial charge is 0.471 e. The van der Waals surface area contributed by atoms with Crippen LogP contribution < -0.4 is 25.6 Å². The molecule has 4 rings (SSSR count). The smallest absolute Gasteiger partial charge is 0.410 e. The molecule has 1 fully saturated rings. The second kappa shape index (κ2) is 15.1. The van der Waals surface area contributed by atoms with Crippen molar-refractivity contribution in [1.29, 1.82) is 0 Å². The summed E-state index contributed by atoms with van der Waals surface area (Å²) in [5, 5.41) is 8.51. The van der Waals surface area contributed by atoms with E-state index in [1.54, 1.807) is 57.8 Å². The molecule has 0 saturated carbocycles. The van der Waals surface area contributed by atoms with Crippen LogP contribution in [0.2, 0.25) is 0 Å². The number of hydrogen-bond acceptors (Lipinski definition) is 11. The van der Waals surface area contributed by atoms with E-state index in [0.717, 1.165) is 18.7 Å². The van der Waals surface area contributed by atoms with Crippen LogP contribution in [0.5, 0.6) is 5.75 Å². The third-order valence-corrected chi connectivity index (χ3v) is 6.79. The van der Waals surface area contributed by atoms with Gasteiger partial charge in [-0.15, -0.1) is 0 Å². The Morgan fingerprint density at radius 3 is 2.32 bits per heavy atom. The summed E-state index contributed by atoms with van der Waals surface area (Å²) in [6.45, 7) is 13.9. The van der Waals surface area contributed by atoms with Crippen molar-refractivity contribution in [3.63, 3.8) is 0 Å². The van der Waals surface area contributed by atoms with Gasteiger partial charge in [-0.05, 0) is 66.0 Å². The summed E-state index contributed by atoms with van der Waals surface area (Å²) < 4.78 is 16.6. The van der Waals surface area contributed by atoms with Crippen molar-refractivity contribution in [2.75, 3.05) is 30.0 Å². The monoisotopic (exact) mass is 648 g/mol. The van der Waals surface area contributed by atoms with Crippen LogP contribution in [-0.4, -0.2) is 75.1 Å². The lowest BCUT2D eigenvalue weighted by Crippen LogP contribution is -2.51. The number of hydrogen-bond donors (Lipinski definition) is 3. The molecule has 47 heavy (non-hydrogen) atoms. The Morgan fingerprint density at radius 1 is 0.915 bits per heavy atom. The van der Waals surface area contributed by atoms with Gasteiger partial charge in [-0.3, -0.25) is 20.1 Å². The van der Waals surface area contributed by atoms with Crippen molar-refractivity contribution >= 4 is 29.5 Å². The fraction of sp³-hybridized carbons (Fsp3) is 0.485. The Hall–Kier alpha value is -5.01. The molecule has 0 bridgehead atoms. The molecule has 3 amide bonds. The molecular formula is C33H44N8O6. The van der Waals surface area contributed by atoms with Crippen LogP contribution in [-0.2, 0) is 20.7 Å². The molecule has 3 N–H and O–H groups in total. The molecule has 3 aromatic rings. The first kappa shape index (κ1) is 34.9. The maximum absolute atomic E-state index is 13.4. The van der Waals surface area contributed by atoms with Gasteiger partial charge in [-0.25, -0.2) is 19.6 Å². The first-order chi connectivity index (χ1) is 22.1. The Bertz CT molecular complexity index is 1540. The zero-order chi connectivity index (χ0) is 34.2. The second-order valence-electron chi connectivity index (χ2n) is 13.5. The van der Waals surface area contributed by atoms with E-state index in [-0.39, 0.29) is 31.0 Å². The van der Waals surface area contributed by atoms with Crippen LogP contribution >= 0.6 is 0 Å². The minimum atomic E-state index is -0.672. The van der Waals surface area contributed by atoms with Gasteiger partial charge in [0.25, 0.3) is 0 Å². The molecule has 2 unspecified atom stereocenters. The van der Waals surface area contributed by atoms with Gasteiger partial charge in [0.2, 0.25) is 5.91 Å². The third kappa shape index (κ3) is 11.1. The Balaban J connectivity index is 1.48. The van der Waals surface area contributed by atoms with Crippen LogP contribution in [0, 0.1) is 5.92 Å². The lowest BCUT2D eigenvalue weighted by atomic mass is 9.95. The van der Waals surface area contributed by atoms with Gasteiger partial charge in [-0.1, -0.05) is 6.92 Å². The van der Waals surface area contributed by atoms with Crippen molar-refractivity contribution in [3.05, 3.63) is 55.1 Å². The molecule has 1 aliphatic heterocycles. The van der Waals surface area contributed by atoms with Gasteiger partial charge < -0.3 is 29.7 Å². The number of piperidine rings is 1. The molecule has 14 heteroatoms. The van der Waals surface area contributed by atoms with Gasteiger partial charge in [0.15, 0.2) is 6.73 Å². The topological polar surface area (TPSA) is 170 Å². The number of carbonyl (C=O) groups excluding carboxylic acids is 3. The van der Waals surface area contributed by atoms with Crippen molar-refractivity contribution < 1.29 is 28.6 Å². The Morgan fingerprint density at radius 2 is 1.62 bits per heavy atom. The normalized spacial score (nSPS) is 16.5. The molecule has 2 atom stereocenters. The SMILES string of the molecule is CC1CC(NC(=O)OC(C)(C)C)CN(c2ccncc2NC(=O)Cc2ncc(-c3cncnc3)cc2OCNC(=O)OC(C)(C)C)C1. The van der Waals surface area contributed by atoms with E-state index in [1.165, 1.54) is 6.33 Å². The molecule has 0 aliphatic carbocycles. The minimum absolute atomic E-state index is 0.124. The van der Waals surface area contributed by atoms with Crippen molar-refractivity contribution in [1.82, 2.24) is 30.6 Å². The van der Waals surface area contributed by atoms with Crippen LogP contribution in [0.25, 0.3) is 11.1 Å². The van der Waals surface area contributed by atoms with E-state index in [4.69, 9.17) is 14.2 Å². The molecule has 0 aromatic carbocycles. The van der Waals surface area contributed by atoms with E-state index < -0.39 is 23.4 Å². The fourth-order valence-corrected chi connectivity index (χ4v) is 5.06. The first-order valence-corrected chi connectivity index (χ1v) is 15.5. The maximum atomic E-state index is 13.4. The standard InChI is InChI=1S/C33H44N8O6/c1-21-10-24(39-31(44)47-33(5,6)7)18-41(17-21)27-8-9-34-16-26(27)40-29(42)12-25-28(45-20-38-30(43)46-32(2,3)4)11-22(15-37-25)23-13-35-19-36-14-23/h8-9,11,13-16,19,21,24H,10,12,17-18,20H2,1-7H3,(H,38,43)(H,39,44)(H,40,42). The van der Waals surface area contributed by atoms with Crippen LogP contribution in [0.3, 0.4) is 0 Å². The highest BCUT2D eigenvalue weighted by atomic mass is 16.6. The number of carbonyl (C=O) groups is 3. The number of ether oxygens (including phenoxy) is 3. The van der Waals surface area contributed by atoms with Gasteiger partial charge in [0.05, 0.1) is 29.7 Å².